The summed E-state index contributed by atoms with van der Waals surface area (Å²) in [5.41, 5.74) is 8.15. The van der Waals surface area contributed by atoms with E-state index in [1.54, 1.807) is 0 Å². The molecule has 0 bridgehead atoms. The van der Waals surface area contributed by atoms with Crippen LogP contribution in [0.4, 0.5) is 0 Å². The number of amides is 1. The van der Waals surface area contributed by atoms with E-state index in [4.69, 9.17) is 10.5 Å². The first-order chi connectivity index (χ1) is 10.1. The van der Waals surface area contributed by atoms with Gasteiger partial charge in [-0.1, -0.05) is 31.2 Å². The summed E-state index contributed by atoms with van der Waals surface area (Å²) >= 11 is 0. The second-order valence-electron chi connectivity index (χ2n) is 6.06. The zero-order valence-corrected chi connectivity index (χ0v) is 14.2. The molecule has 0 radical (unpaired) electrons. The highest BCUT2D eigenvalue weighted by Crippen LogP contribution is 2.36. The van der Waals surface area contributed by atoms with Gasteiger partial charge in [-0.15, -0.1) is 12.4 Å². The third kappa shape index (κ3) is 4.22. The van der Waals surface area contributed by atoms with E-state index >= 15 is 0 Å². The molecule has 1 saturated heterocycles. The molecule has 1 aliphatic rings. The molecule has 124 valence electrons. The number of aryl methyl sites for hydroxylation is 1. The van der Waals surface area contributed by atoms with Crippen LogP contribution in [0.1, 0.15) is 30.9 Å². The van der Waals surface area contributed by atoms with Crippen LogP contribution >= 0.6 is 12.4 Å². The Kier molecular flexibility index (Phi) is 7.33. The summed E-state index contributed by atoms with van der Waals surface area (Å²) < 4.78 is 5.53. The molecule has 0 saturated carbocycles. The highest BCUT2D eigenvalue weighted by molar-refractivity contribution is 5.85. The number of rotatable bonds is 5. The average Bonchev–Trinajstić information content (AvgIpc) is 2.53. The highest BCUT2D eigenvalue weighted by Gasteiger charge is 2.36. The van der Waals surface area contributed by atoms with E-state index < -0.39 is 0 Å². The lowest BCUT2D eigenvalue weighted by atomic mass is 9.72. The molecule has 1 fully saturated rings. The Morgan fingerprint density at radius 2 is 2.00 bits per heavy atom. The van der Waals surface area contributed by atoms with Crippen molar-refractivity contribution in [1.29, 1.82) is 0 Å². The number of hydrogen-bond acceptors (Lipinski definition) is 3. The smallest absolute Gasteiger partial charge is 0.224 e. The monoisotopic (exact) mass is 326 g/mol. The van der Waals surface area contributed by atoms with Crippen molar-refractivity contribution < 1.29 is 9.53 Å². The van der Waals surface area contributed by atoms with Gasteiger partial charge in [-0.3, -0.25) is 4.79 Å². The van der Waals surface area contributed by atoms with Crippen LogP contribution in [-0.2, 0) is 14.9 Å². The van der Waals surface area contributed by atoms with Crippen molar-refractivity contribution in [2.24, 2.45) is 11.7 Å². The molecule has 0 aromatic heterocycles. The van der Waals surface area contributed by atoms with Gasteiger partial charge in [0.25, 0.3) is 0 Å². The molecule has 1 aliphatic heterocycles. The van der Waals surface area contributed by atoms with Crippen molar-refractivity contribution in [2.75, 3.05) is 26.3 Å². The van der Waals surface area contributed by atoms with Crippen LogP contribution in [0.5, 0.6) is 0 Å². The van der Waals surface area contributed by atoms with Gasteiger partial charge in [0.15, 0.2) is 0 Å². The molecular weight excluding hydrogens is 300 g/mol. The van der Waals surface area contributed by atoms with E-state index in [0.717, 1.165) is 26.1 Å². The second kappa shape index (κ2) is 8.51. The first-order valence-corrected chi connectivity index (χ1v) is 7.71. The molecule has 5 heteroatoms. The van der Waals surface area contributed by atoms with Crippen LogP contribution in [-0.4, -0.2) is 32.2 Å². The summed E-state index contributed by atoms with van der Waals surface area (Å²) in [5, 5.41) is 3.10. The summed E-state index contributed by atoms with van der Waals surface area (Å²) in [4.78, 5) is 12.1. The van der Waals surface area contributed by atoms with Crippen molar-refractivity contribution in [3.05, 3.63) is 35.4 Å². The summed E-state index contributed by atoms with van der Waals surface area (Å²) in [6.45, 7) is 6.53. The highest BCUT2D eigenvalue weighted by atomic mass is 35.5. The predicted octanol–water partition coefficient (Wildman–Crippen LogP) is 2.18. The average molecular weight is 327 g/mol. The molecular formula is C17H27ClN2O2. The van der Waals surface area contributed by atoms with Crippen LogP contribution in [0, 0.1) is 12.8 Å². The molecule has 22 heavy (non-hydrogen) atoms. The largest absolute Gasteiger partial charge is 0.381 e. The third-order valence-corrected chi connectivity index (χ3v) is 4.57. The predicted molar refractivity (Wildman–Crippen MR) is 91.4 cm³/mol. The lowest BCUT2D eigenvalue weighted by Crippen LogP contribution is -2.46. The number of nitrogens with two attached hydrogens (primary N) is 1. The Labute approximate surface area is 139 Å². The van der Waals surface area contributed by atoms with E-state index in [0.29, 0.717) is 13.1 Å². The minimum atomic E-state index is -0.140. The van der Waals surface area contributed by atoms with E-state index in [9.17, 15) is 4.79 Å². The van der Waals surface area contributed by atoms with Gasteiger partial charge in [-0.05, 0) is 30.9 Å². The minimum absolute atomic E-state index is 0. The Balaban J connectivity index is 0.00000242. The van der Waals surface area contributed by atoms with Crippen molar-refractivity contribution in [1.82, 2.24) is 5.32 Å². The van der Waals surface area contributed by atoms with Gasteiger partial charge in [0, 0.05) is 37.6 Å². The number of carbonyl (C=O) groups excluding carboxylic acids is 1. The fourth-order valence-corrected chi connectivity index (χ4v) is 3.01. The Hall–Kier alpha value is -1.10. The van der Waals surface area contributed by atoms with Gasteiger partial charge < -0.3 is 15.8 Å². The van der Waals surface area contributed by atoms with E-state index in [1.165, 1.54) is 11.1 Å². The summed E-state index contributed by atoms with van der Waals surface area (Å²) in [6, 6.07) is 8.45. The molecule has 1 unspecified atom stereocenters. The first kappa shape index (κ1) is 18.9. The zero-order chi connectivity index (χ0) is 15.3. The van der Waals surface area contributed by atoms with Crippen LogP contribution in [0.2, 0.25) is 0 Å². The topological polar surface area (TPSA) is 64.4 Å². The molecule has 0 spiro atoms. The number of hydrogen-bond donors (Lipinski definition) is 2. The summed E-state index contributed by atoms with van der Waals surface area (Å²) in [6.07, 6.45) is 1.88. The van der Waals surface area contributed by atoms with E-state index in [2.05, 4.69) is 36.5 Å². The van der Waals surface area contributed by atoms with Gasteiger partial charge in [-0.2, -0.15) is 0 Å². The summed E-state index contributed by atoms with van der Waals surface area (Å²) in [5.74, 6) is -0.101. The van der Waals surface area contributed by atoms with E-state index in [-0.39, 0.29) is 29.6 Å². The standard InChI is InChI=1S/C17H26N2O2.ClH/c1-13-5-3-4-6-15(13)17(7-9-21-10-8-17)12-19-16(20)14(2)11-18;/h3-6,14H,7-12,18H2,1-2H3,(H,19,20);1H. The normalized spacial score (nSPS) is 18.1. The lowest BCUT2D eigenvalue weighted by Gasteiger charge is -2.39. The lowest BCUT2D eigenvalue weighted by molar-refractivity contribution is -0.124. The summed E-state index contributed by atoms with van der Waals surface area (Å²) in [7, 11) is 0. The van der Waals surface area contributed by atoms with Crippen LogP contribution in [0.3, 0.4) is 0 Å². The third-order valence-electron chi connectivity index (χ3n) is 4.57. The fourth-order valence-electron chi connectivity index (χ4n) is 3.01. The Morgan fingerprint density at radius 3 is 2.59 bits per heavy atom. The molecule has 0 aliphatic carbocycles. The molecule has 1 amide bonds. The van der Waals surface area contributed by atoms with Crippen molar-refractivity contribution in [3.63, 3.8) is 0 Å². The van der Waals surface area contributed by atoms with Gasteiger partial charge in [0.1, 0.15) is 0 Å². The van der Waals surface area contributed by atoms with Crippen LogP contribution in [0.15, 0.2) is 24.3 Å². The molecule has 3 N–H and O–H groups in total. The van der Waals surface area contributed by atoms with Crippen molar-refractivity contribution in [3.8, 4) is 0 Å². The fraction of sp³-hybridized carbons (Fsp3) is 0.588. The maximum Gasteiger partial charge on any atom is 0.224 e. The quantitative estimate of drug-likeness (QED) is 0.871. The molecule has 4 nitrogen and oxygen atoms in total. The zero-order valence-electron chi connectivity index (χ0n) is 13.4. The first-order valence-electron chi connectivity index (χ1n) is 7.71. The van der Waals surface area contributed by atoms with Gasteiger partial charge in [-0.25, -0.2) is 0 Å². The number of ether oxygens (including phenoxy) is 1. The Morgan fingerprint density at radius 1 is 1.36 bits per heavy atom. The molecule has 1 atom stereocenters. The van der Waals surface area contributed by atoms with Gasteiger partial charge in [0.2, 0.25) is 5.91 Å². The number of carbonyl (C=O) groups is 1. The molecule has 2 rings (SSSR count). The Bertz CT molecular complexity index is 487. The second-order valence-corrected chi connectivity index (χ2v) is 6.06. The van der Waals surface area contributed by atoms with Crippen molar-refractivity contribution >= 4 is 18.3 Å². The molecule has 1 heterocycles. The number of benzene rings is 1. The van der Waals surface area contributed by atoms with E-state index in [1.807, 2.05) is 6.92 Å². The van der Waals surface area contributed by atoms with Crippen LogP contribution in [0.25, 0.3) is 0 Å². The minimum Gasteiger partial charge on any atom is -0.381 e. The van der Waals surface area contributed by atoms with Crippen molar-refractivity contribution in [2.45, 2.75) is 32.1 Å². The maximum absolute atomic E-state index is 12.1. The number of halogens is 1. The SMILES string of the molecule is Cc1ccccc1C1(CNC(=O)C(C)CN)CCOCC1.Cl. The van der Waals surface area contributed by atoms with Crippen LogP contribution < -0.4 is 11.1 Å². The number of nitrogens with one attached hydrogen (secondary N) is 1. The molecule has 1 aromatic rings. The molecule has 1 aromatic carbocycles. The maximum atomic E-state index is 12.1. The van der Waals surface area contributed by atoms with Gasteiger partial charge >= 0.3 is 0 Å². The van der Waals surface area contributed by atoms with Gasteiger partial charge in [0.05, 0.1) is 0 Å².